The molecule has 5 heteroatoms. The maximum absolute atomic E-state index is 13.4. The summed E-state index contributed by atoms with van der Waals surface area (Å²) in [7, 11) is 1.84. The van der Waals surface area contributed by atoms with Gasteiger partial charge in [0.1, 0.15) is 5.69 Å². The first-order valence-corrected chi connectivity index (χ1v) is 11.1. The highest BCUT2D eigenvalue weighted by Gasteiger charge is 2.22. The second-order valence-corrected chi connectivity index (χ2v) is 8.08. The third kappa shape index (κ3) is 5.63. The number of carbonyl (C=O) groups is 2. The van der Waals surface area contributed by atoms with Crippen LogP contribution in [0.3, 0.4) is 0 Å². The molecule has 0 aliphatic heterocycles. The Hall–Kier alpha value is -3.99. The second kappa shape index (κ2) is 10.6. The van der Waals surface area contributed by atoms with Crippen molar-refractivity contribution in [2.45, 2.75) is 18.9 Å². The molecule has 0 saturated heterocycles. The summed E-state index contributed by atoms with van der Waals surface area (Å²) in [6.45, 7) is 0.447. The summed E-state index contributed by atoms with van der Waals surface area (Å²) in [5, 5.41) is 5.08. The summed E-state index contributed by atoms with van der Waals surface area (Å²) >= 11 is 0. The molecule has 1 aromatic heterocycles. The van der Waals surface area contributed by atoms with Gasteiger partial charge in [0.2, 0.25) is 0 Å². The maximum Gasteiger partial charge on any atom is 0.269 e. The Bertz CT molecular complexity index is 1230. The van der Waals surface area contributed by atoms with Gasteiger partial charge in [0.05, 0.1) is 0 Å². The normalized spacial score (nSPS) is 11.7. The largest absolute Gasteiger partial charge is 0.351 e. The molecular formula is C28H27N3O2. The molecule has 0 unspecified atom stereocenters. The van der Waals surface area contributed by atoms with Crippen molar-refractivity contribution in [1.29, 1.82) is 0 Å². The van der Waals surface area contributed by atoms with Crippen LogP contribution in [0.1, 0.15) is 32.8 Å². The van der Waals surface area contributed by atoms with Gasteiger partial charge in [0.25, 0.3) is 11.8 Å². The fourth-order valence-electron chi connectivity index (χ4n) is 3.95. The first-order chi connectivity index (χ1) is 16.1. The van der Waals surface area contributed by atoms with E-state index in [2.05, 4.69) is 22.4 Å². The van der Waals surface area contributed by atoms with Crippen LogP contribution in [-0.2, 0) is 6.42 Å². The third-order valence-corrected chi connectivity index (χ3v) is 5.84. The zero-order valence-corrected chi connectivity index (χ0v) is 18.6. The number of benzene rings is 3. The van der Waals surface area contributed by atoms with E-state index in [4.69, 9.17) is 0 Å². The maximum atomic E-state index is 13.4. The fraction of sp³-hybridized carbons (Fsp3) is 0.179. The van der Waals surface area contributed by atoms with Crippen molar-refractivity contribution in [3.63, 3.8) is 0 Å². The highest BCUT2D eigenvalue weighted by Crippen LogP contribution is 2.19. The molecular weight excluding hydrogens is 410 g/mol. The van der Waals surface area contributed by atoms with E-state index in [0.29, 0.717) is 30.6 Å². The zero-order valence-electron chi connectivity index (χ0n) is 18.6. The number of rotatable bonds is 8. The minimum absolute atomic E-state index is 0.0299. The number of fused-ring (bicyclic) bond motifs is 1. The predicted octanol–water partition coefficient (Wildman–Crippen LogP) is 4.74. The van der Waals surface area contributed by atoms with Crippen LogP contribution in [-0.4, -0.2) is 41.3 Å². The summed E-state index contributed by atoms with van der Waals surface area (Å²) in [5.41, 5.74) is 2.20. The molecule has 1 N–H and O–H groups in total. The van der Waals surface area contributed by atoms with Crippen LogP contribution in [0.15, 0.2) is 97.2 Å². The quantitative estimate of drug-likeness (QED) is 0.433. The molecule has 0 spiro atoms. The Balaban J connectivity index is 1.48. The van der Waals surface area contributed by atoms with Gasteiger partial charge in [-0.1, -0.05) is 66.7 Å². The van der Waals surface area contributed by atoms with Crippen molar-refractivity contribution >= 4 is 22.6 Å². The molecule has 3 aromatic carbocycles. The van der Waals surface area contributed by atoms with E-state index < -0.39 is 0 Å². The van der Waals surface area contributed by atoms with Crippen molar-refractivity contribution in [2.24, 2.45) is 0 Å². The number of likely N-dealkylation sites (N-methyl/N-ethyl adjacent to an activating group) is 1. The van der Waals surface area contributed by atoms with Crippen LogP contribution >= 0.6 is 0 Å². The summed E-state index contributed by atoms with van der Waals surface area (Å²) in [5.74, 6) is -0.240. The van der Waals surface area contributed by atoms with E-state index in [9.17, 15) is 9.59 Å². The summed E-state index contributed by atoms with van der Waals surface area (Å²) in [6.07, 6.45) is 2.93. The fourth-order valence-corrected chi connectivity index (χ4v) is 3.95. The smallest absolute Gasteiger partial charge is 0.269 e. The van der Waals surface area contributed by atoms with E-state index in [1.807, 2.05) is 67.7 Å². The predicted molar refractivity (Wildman–Crippen MR) is 131 cm³/mol. The highest BCUT2D eigenvalue weighted by atomic mass is 16.2. The number of carbonyl (C=O) groups excluding carboxylic acids is 2. The van der Waals surface area contributed by atoms with E-state index >= 15 is 0 Å². The molecule has 0 saturated carbocycles. The molecule has 33 heavy (non-hydrogen) atoms. The Labute approximate surface area is 194 Å². The average molecular weight is 438 g/mol. The van der Waals surface area contributed by atoms with E-state index in [1.54, 1.807) is 29.3 Å². The van der Waals surface area contributed by atoms with Crippen molar-refractivity contribution < 1.29 is 9.59 Å². The first kappa shape index (κ1) is 22.2. The minimum Gasteiger partial charge on any atom is -0.351 e. The molecule has 1 atom stereocenters. The molecule has 0 bridgehead atoms. The summed E-state index contributed by atoms with van der Waals surface area (Å²) in [6, 6.07) is 29.1. The van der Waals surface area contributed by atoms with Crippen LogP contribution in [0.2, 0.25) is 0 Å². The van der Waals surface area contributed by atoms with Gasteiger partial charge in [-0.05, 0) is 53.4 Å². The van der Waals surface area contributed by atoms with Crippen LogP contribution in [0.5, 0.6) is 0 Å². The molecule has 1 heterocycles. The van der Waals surface area contributed by atoms with Gasteiger partial charge in [-0.2, -0.15) is 0 Å². The molecule has 4 rings (SSSR count). The summed E-state index contributed by atoms with van der Waals surface area (Å²) in [4.78, 5) is 31.6. The van der Waals surface area contributed by atoms with Gasteiger partial charge < -0.3 is 10.2 Å². The van der Waals surface area contributed by atoms with Crippen LogP contribution in [0.25, 0.3) is 10.8 Å². The number of amides is 2. The molecule has 0 aliphatic carbocycles. The van der Waals surface area contributed by atoms with Gasteiger partial charge in [-0.15, -0.1) is 0 Å². The van der Waals surface area contributed by atoms with Gasteiger partial charge in [-0.3, -0.25) is 14.6 Å². The summed E-state index contributed by atoms with van der Waals surface area (Å²) < 4.78 is 0. The minimum atomic E-state index is -0.211. The van der Waals surface area contributed by atoms with E-state index in [-0.39, 0.29) is 17.9 Å². The lowest BCUT2D eigenvalue weighted by Gasteiger charge is -2.29. The zero-order chi connectivity index (χ0) is 23.0. The average Bonchev–Trinajstić information content (AvgIpc) is 2.88. The molecule has 5 nitrogen and oxygen atoms in total. The molecule has 2 amide bonds. The van der Waals surface area contributed by atoms with Crippen LogP contribution in [0, 0.1) is 0 Å². The third-order valence-electron chi connectivity index (χ3n) is 5.84. The molecule has 0 aliphatic rings. The van der Waals surface area contributed by atoms with Crippen molar-refractivity contribution in [3.8, 4) is 0 Å². The standard InChI is InChI=1S/C28H27N3O2/c1-31(28(33)24-15-14-22-11-5-6-12-23(22)20-24)25(19-21-9-3-2-4-10-21)16-18-30-27(32)26-13-7-8-17-29-26/h2-15,17,20,25H,16,18-19H2,1H3,(H,30,32)/t25-/m0/s1. The van der Waals surface area contributed by atoms with E-state index in [0.717, 1.165) is 16.3 Å². The van der Waals surface area contributed by atoms with Crippen LogP contribution < -0.4 is 5.32 Å². The number of pyridine rings is 1. The molecule has 0 radical (unpaired) electrons. The lowest BCUT2D eigenvalue weighted by molar-refractivity contribution is 0.0723. The monoisotopic (exact) mass is 437 g/mol. The van der Waals surface area contributed by atoms with Gasteiger partial charge in [0.15, 0.2) is 0 Å². The number of nitrogens with one attached hydrogen (secondary N) is 1. The van der Waals surface area contributed by atoms with Gasteiger partial charge in [-0.25, -0.2) is 0 Å². The molecule has 4 aromatic rings. The van der Waals surface area contributed by atoms with Gasteiger partial charge >= 0.3 is 0 Å². The lowest BCUT2D eigenvalue weighted by atomic mass is 10.0. The lowest BCUT2D eigenvalue weighted by Crippen LogP contribution is -2.41. The Morgan fingerprint density at radius 1 is 0.879 bits per heavy atom. The Morgan fingerprint density at radius 3 is 2.36 bits per heavy atom. The number of aromatic nitrogens is 1. The first-order valence-electron chi connectivity index (χ1n) is 11.1. The number of hydrogen-bond donors (Lipinski definition) is 1. The SMILES string of the molecule is CN(C(=O)c1ccc2ccccc2c1)[C@@H](CCNC(=O)c1ccccn1)Cc1ccccc1. The number of nitrogens with zero attached hydrogens (tertiary/aromatic N) is 2. The van der Waals surface area contributed by atoms with Crippen LogP contribution in [0.4, 0.5) is 0 Å². The molecule has 0 fully saturated rings. The van der Waals surface area contributed by atoms with E-state index in [1.165, 1.54) is 0 Å². The topological polar surface area (TPSA) is 62.3 Å². The van der Waals surface area contributed by atoms with Gasteiger partial charge in [0, 0.05) is 31.4 Å². The van der Waals surface area contributed by atoms with Crippen molar-refractivity contribution in [3.05, 3.63) is 114 Å². The highest BCUT2D eigenvalue weighted by molar-refractivity contribution is 5.98. The Kier molecular flexibility index (Phi) is 7.10. The van der Waals surface area contributed by atoms with Crippen molar-refractivity contribution in [2.75, 3.05) is 13.6 Å². The molecule has 166 valence electrons. The Morgan fingerprint density at radius 2 is 1.61 bits per heavy atom. The second-order valence-electron chi connectivity index (χ2n) is 8.08. The number of hydrogen-bond acceptors (Lipinski definition) is 3. The van der Waals surface area contributed by atoms with Crippen molar-refractivity contribution in [1.82, 2.24) is 15.2 Å².